The molecule has 9 heteroatoms. The number of amides is 1. The number of hydrogen-bond donors (Lipinski definition) is 1. The van der Waals surface area contributed by atoms with Gasteiger partial charge in [0.1, 0.15) is 12.7 Å². The van der Waals surface area contributed by atoms with Gasteiger partial charge in [0.2, 0.25) is 12.7 Å². The lowest BCUT2D eigenvalue weighted by Crippen LogP contribution is -2.45. The lowest BCUT2D eigenvalue weighted by atomic mass is 9.83. The van der Waals surface area contributed by atoms with Crippen LogP contribution < -0.4 is 18.9 Å². The Balaban J connectivity index is 1.41. The molecule has 1 aromatic carbocycles. The summed E-state index contributed by atoms with van der Waals surface area (Å²) >= 11 is 0. The molecule has 9 nitrogen and oxygen atoms in total. The van der Waals surface area contributed by atoms with Crippen LogP contribution in [0.25, 0.3) is 0 Å². The first-order valence-electron chi connectivity index (χ1n) is 14.7. The number of fused-ring (bicyclic) bond motifs is 1. The lowest BCUT2D eigenvalue weighted by Gasteiger charge is -2.31. The van der Waals surface area contributed by atoms with Gasteiger partial charge in [0.25, 0.3) is 0 Å². The van der Waals surface area contributed by atoms with Crippen LogP contribution in [0, 0.1) is 5.92 Å². The normalized spacial score (nSPS) is 24.2. The van der Waals surface area contributed by atoms with E-state index in [2.05, 4.69) is 11.8 Å². The molecule has 0 bridgehead atoms. The summed E-state index contributed by atoms with van der Waals surface area (Å²) in [7, 11) is 1.95. The molecule has 4 atom stereocenters. The van der Waals surface area contributed by atoms with E-state index < -0.39 is 11.9 Å². The number of carbonyl (C=O) groups excluding carboxylic acids is 1. The van der Waals surface area contributed by atoms with E-state index in [4.69, 9.17) is 14.2 Å². The summed E-state index contributed by atoms with van der Waals surface area (Å²) in [6.45, 7) is 4.33. The summed E-state index contributed by atoms with van der Waals surface area (Å²) in [6.07, 6.45) is 10.6. The molecule has 4 heterocycles. The molecule has 2 unspecified atom stereocenters. The van der Waals surface area contributed by atoms with Crippen molar-refractivity contribution in [3.63, 3.8) is 0 Å². The van der Waals surface area contributed by atoms with Gasteiger partial charge in [0, 0.05) is 37.7 Å². The fourth-order valence-electron chi connectivity index (χ4n) is 6.43. The van der Waals surface area contributed by atoms with Crippen LogP contribution in [0.1, 0.15) is 63.4 Å². The van der Waals surface area contributed by atoms with Gasteiger partial charge >= 0.3 is 5.97 Å². The zero-order valence-corrected chi connectivity index (χ0v) is 23.7. The molecular formula is C31H42N3O6+. The maximum Gasteiger partial charge on any atom is 0.308 e. The predicted molar refractivity (Wildman–Crippen MR) is 149 cm³/mol. The highest BCUT2D eigenvalue weighted by Crippen LogP contribution is 2.43. The van der Waals surface area contributed by atoms with Crippen molar-refractivity contribution in [2.75, 3.05) is 37.9 Å². The number of benzene rings is 1. The Morgan fingerprint density at radius 3 is 2.75 bits per heavy atom. The van der Waals surface area contributed by atoms with E-state index in [0.29, 0.717) is 31.0 Å². The molecule has 0 saturated carbocycles. The van der Waals surface area contributed by atoms with E-state index in [1.54, 1.807) is 0 Å². The molecule has 3 aliphatic heterocycles. The van der Waals surface area contributed by atoms with Gasteiger partial charge in [-0.25, -0.2) is 4.57 Å². The molecule has 2 aromatic rings. The minimum Gasteiger partial charge on any atom is -0.481 e. The van der Waals surface area contributed by atoms with Crippen molar-refractivity contribution < 1.29 is 33.5 Å². The highest BCUT2D eigenvalue weighted by Gasteiger charge is 2.47. The van der Waals surface area contributed by atoms with Crippen molar-refractivity contribution in [2.45, 2.75) is 69.9 Å². The summed E-state index contributed by atoms with van der Waals surface area (Å²) < 4.78 is 19.0. The van der Waals surface area contributed by atoms with Gasteiger partial charge in [-0.2, -0.15) is 0 Å². The second-order valence-electron chi connectivity index (χ2n) is 11.3. The van der Waals surface area contributed by atoms with Crippen LogP contribution in [0.15, 0.2) is 42.7 Å². The Morgan fingerprint density at radius 1 is 1.15 bits per heavy atom. The highest BCUT2D eigenvalue weighted by molar-refractivity contribution is 5.94. The number of carboxylic acid groups (broad SMARTS) is 1. The van der Waals surface area contributed by atoms with E-state index in [1.807, 2.05) is 59.2 Å². The van der Waals surface area contributed by atoms with Crippen molar-refractivity contribution in [1.82, 2.24) is 4.90 Å². The maximum absolute atomic E-state index is 13.9. The van der Waals surface area contributed by atoms with Gasteiger partial charge in [0.05, 0.1) is 18.6 Å². The highest BCUT2D eigenvalue weighted by atomic mass is 16.7. The number of anilines is 1. The number of aryl methyl sites for hydroxylation is 1. The zero-order valence-electron chi connectivity index (χ0n) is 23.7. The molecule has 5 rings (SSSR count). The van der Waals surface area contributed by atoms with Crippen molar-refractivity contribution in [2.24, 2.45) is 13.0 Å². The Labute approximate surface area is 236 Å². The molecule has 1 aromatic heterocycles. The van der Waals surface area contributed by atoms with E-state index in [1.165, 1.54) is 0 Å². The minimum absolute atomic E-state index is 0.00552. The number of aromatic nitrogens is 1. The number of aliphatic carboxylic acids is 1. The van der Waals surface area contributed by atoms with Crippen molar-refractivity contribution in [3.8, 4) is 11.5 Å². The second kappa shape index (κ2) is 13.0. The Morgan fingerprint density at radius 2 is 2.00 bits per heavy atom. The number of ether oxygens (including phenoxy) is 3. The lowest BCUT2D eigenvalue weighted by molar-refractivity contribution is -0.670. The monoisotopic (exact) mass is 552 g/mol. The third-order valence-electron chi connectivity index (χ3n) is 8.53. The molecular weight excluding hydrogens is 510 g/mol. The van der Waals surface area contributed by atoms with Gasteiger partial charge in [-0.15, -0.1) is 0 Å². The zero-order chi connectivity index (χ0) is 28.1. The van der Waals surface area contributed by atoms with Crippen LogP contribution in [-0.4, -0.2) is 67.1 Å². The Bertz CT molecular complexity index is 1180. The van der Waals surface area contributed by atoms with E-state index >= 15 is 0 Å². The topological polar surface area (TPSA) is 92.4 Å². The van der Waals surface area contributed by atoms with E-state index in [9.17, 15) is 14.7 Å². The summed E-state index contributed by atoms with van der Waals surface area (Å²) in [4.78, 5) is 30.7. The number of nitrogens with zero attached hydrogens (tertiary/aromatic N) is 3. The maximum atomic E-state index is 13.9. The predicted octanol–water partition coefficient (Wildman–Crippen LogP) is 3.89. The Kier molecular flexibility index (Phi) is 9.22. The van der Waals surface area contributed by atoms with Gasteiger partial charge < -0.3 is 24.2 Å². The van der Waals surface area contributed by atoms with Crippen LogP contribution in [0.3, 0.4) is 0 Å². The van der Waals surface area contributed by atoms with Crippen LogP contribution in [0.4, 0.5) is 5.69 Å². The number of carbonyl (C=O) groups is 2. The molecule has 216 valence electrons. The number of pyridine rings is 1. The van der Waals surface area contributed by atoms with Crippen LogP contribution in [0.5, 0.6) is 11.5 Å². The summed E-state index contributed by atoms with van der Waals surface area (Å²) in [6, 6.07) is 9.34. The molecule has 0 aliphatic carbocycles. The average molecular weight is 553 g/mol. The van der Waals surface area contributed by atoms with Gasteiger partial charge in [-0.1, -0.05) is 19.4 Å². The Hall–Kier alpha value is -3.17. The second-order valence-corrected chi connectivity index (χ2v) is 11.3. The standard InChI is InChI=1S/C31H41N3O6/c1-3-4-15-34(23-8-7-14-32(2)18-23)29(35)20-33-19-25(22-10-13-27-28(17-22)40-21-39-27)30(31(36)37)26(33)12-11-24-9-5-6-16-38-24/h7-8,10,13-14,17-18,24-26,30H,3-6,9,11-12,15-16,19-21H2,1-2H3/p+1/t24?,25-,26+,30?/m1/s1. The fourth-order valence-corrected chi connectivity index (χ4v) is 6.43. The molecule has 0 radical (unpaired) electrons. The van der Waals surface area contributed by atoms with Crippen LogP contribution >= 0.6 is 0 Å². The molecule has 0 spiro atoms. The van der Waals surface area contributed by atoms with Crippen LogP contribution in [0.2, 0.25) is 0 Å². The molecule has 1 amide bonds. The number of unbranched alkanes of at least 4 members (excludes halogenated alkanes) is 1. The van der Waals surface area contributed by atoms with E-state index in [0.717, 1.165) is 56.4 Å². The number of carboxylic acids is 1. The smallest absolute Gasteiger partial charge is 0.308 e. The summed E-state index contributed by atoms with van der Waals surface area (Å²) in [5, 5.41) is 10.5. The number of hydrogen-bond acceptors (Lipinski definition) is 6. The first-order chi connectivity index (χ1) is 19.4. The molecule has 2 fully saturated rings. The first-order valence-corrected chi connectivity index (χ1v) is 14.7. The molecule has 3 aliphatic rings. The first kappa shape index (κ1) is 28.4. The summed E-state index contributed by atoms with van der Waals surface area (Å²) in [5.74, 6) is -0.425. The van der Waals surface area contributed by atoms with Crippen molar-refractivity contribution in [3.05, 3.63) is 48.3 Å². The van der Waals surface area contributed by atoms with Crippen molar-refractivity contribution in [1.29, 1.82) is 0 Å². The fraction of sp³-hybridized carbons (Fsp3) is 0.581. The third kappa shape index (κ3) is 6.41. The molecule has 2 saturated heterocycles. The largest absolute Gasteiger partial charge is 0.481 e. The van der Waals surface area contributed by atoms with Crippen molar-refractivity contribution >= 4 is 17.6 Å². The number of likely N-dealkylation sites (tertiary alicyclic amines) is 1. The third-order valence-corrected chi connectivity index (χ3v) is 8.53. The van der Waals surface area contributed by atoms with Gasteiger partial charge in [0.15, 0.2) is 23.9 Å². The van der Waals surface area contributed by atoms with Gasteiger partial charge in [-0.3, -0.25) is 14.5 Å². The SMILES string of the molecule is CCCCN(C(=O)CN1C[C@H](c2ccc3c(c2)OCO3)C(C(=O)O)[C@@H]1CCC1CCCCO1)c1ccc[n+](C)c1. The van der Waals surface area contributed by atoms with Gasteiger partial charge in [-0.05, 0) is 62.3 Å². The van der Waals surface area contributed by atoms with E-state index in [-0.39, 0.29) is 37.3 Å². The van der Waals surface area contributed by atoms with Crippen LogP contribution in [-0.2, 0) is 21.4 Å². The quantitative estimate of drug-likeness (QED) is 0.423. The summed E-state index contributed by atoms with van der Waals surface area (Å²) in [5.41, 5.74) is 1.76. The molecule has 40 heavy (non-hydrogen) atoms. The number of rotatable bonds is 11. The molecule has 1 N–H and O–H groups in total. The minimum atomic E-state index is -0.829. The average Bonchev–Trinajstić information content (AvgIpc) is 3.57.